The largest absolute Gasteiger partial charge is 0.497 e. The van der Waals surface area contributed by atoms with Crippen LogP contribution in [0.15, 0.2) is 42.5 Å². The molecule has 4 rings (SSSR count). The van der Waals surface area contributed by atoms with Crippen LogP contribution < -0.4 is 30.4 Å². The van der Waals surface area contributed by atoms with Crippen molar-refractivity contribution in [1.29, 1.82) is 0 Å². The van der Waals surface area contributed by atoms with Crippen LogP contribution in [-0.4, -0.2) is 37.0 Å². The summed E-state index contributed by atoms with van der Waals surface area (Å²) in [4.78, 5) is 12.9. The number of fused-ring (bicyclic) bond motifs is 1. The van der Waals surface area contributed by atoms with Crippen molar-refractivity contribution in [2.45, 2.75) is 45.9 Å². The van der Waals surface area contributed by atoms with Crippen LogP contribution in [0.3, 0.4) is 0 Å². The number of nitrogens with zero attached hydrogens (tertiary/aromatic N) is 1. The third-order valence-corrected chi connectivity index (χ3v) is 5.83. The van der Waals surface area contributed by atoms with Gasteiger partial charge in [0.15, 0.2) is 11.5 Å². The third-order valence-electron chi connectivity index (χ3n) is 5.83. The molecule has 1 aromatic heterocycles. The van der Waals surface area contributed by atoms with Gasteiger partial charge in [-0.3, -0.25) is 4.79 Å². The second-order valence-corrected chi connectivity index (χ2v) is 7.87. The van der Waals surface area contributed by atoms with Gasteiger partial charge < -0.3 is 24.1 Å². The lowest BCUT2D eigenvalue weighted by molar-refractivity contribution is 0.0931. The van der Waals surface area contributed by atoms with Gasteiger partial charge in [0.05, 0.1) is 32.5 Å². The standard InChI is InChI=1S/C25H32N4O4/c1-5-29-20-10-9-18(31-4)12-17(20)13-21(29)19-15-24(28-27-19)26-25(30)16-8-11-22(32-6-2)23(14-16)33-7-3/h8-14,19,24,27-28H,5-7,15H2,1-4H3,(H,26,30). The number of carbonyl (C=O) groups is 1. The molecular formula is C25H32N4O4. The molecule has 2 aromatic carbocycles. The number of hydrazine groups is 1. The highest BCUT2D eigenvalue weighted by Crippen LogP contribution is 2.31. The molecule has 1 fully saturated rings. The van der Waals surface area contributed by atoms with Gasteiger partial charge in [-0.1, -0.05) is 0 Å². The molecule has 1 amide bonds. The molecule has 2 unspecified atom stereocenters. The second kappa shape index (κ2) is 10.1. The molecule has 8 nitrogen and oxygen atoms in total. The van der Waals surface area contributed by atoms with E-state index in [1.165, 1.54) is 11.2 Å². The quantitative estimate of drug-likeness (QED) is 0.458. The van der Waals surface area contributed by atoms with Crippen molar-refractivity contribution in [3.8, 4) is 17.2 Å². The Labute approximate surface area is 194 Å². The minimum Gasteiger partial charge on any atom is -0.497 e. The summed E-state index contributed by atoms with van der Waals surface area (Å²) >= 11 is 0. The minimum atomic E-state index is -0.206. The highest BCUT2D eigenvalue weighted by molar-refractivity contribution is 5.95. The Morgan fingerprint density at radius 1 is 1.03 bits per heavy atom. The fourth-order valence-electron chi connectivity index (χ4n) is 4.32. The van der Waals surface area contributed by atoms with Crippen molar-refractivity contribution in [3.05, 3.63) is 53.7 Å². The summed E-state index contributed by atoms with van der Waals surface area (Å²) < 4.78 is 18.9. The van der Waals surface area contributed by atoms with E-state index in [0.29, 0.717) is 36.7 Å². The number of hydrogen-bond acceptors (Lipinski definition) is 6. The molecular weight excluding hydrogens is 420 g/mol. The molecule has 0 saturated carbocycles. The number of ether oxygens (including phenoxy) is 3. The van der Waals surface area contributed by atoms with E-state index in [1.807, 2.05) is 19.9 Å². The number of carbonyl (C=O) groups excluding carboxylic acids is 1. The van der Waals surface area contributed by atoms with E-state index in [9.17, 15) is 4.79 Å². The Morgan fingerprint density at radius 2 is 1.82 bits per heavy atom. The first kappa shape index (κ1) is 22.9. The number of benzene rings is 2. The SMILES string of the molecule is CCOc1ccc(C(=O)NC2CC(c3cc4cc(OC)ccc4n3CC)NN2)cc1OCC. The fraction of sp³-hybridized carbons (Fsp3) is 0.400. The number of methoxy groups -OCH3 is 1. The highest BCUT2D eigenvalue weighted by atomic mass is 16.5. The molecule has 2 heterocycles. The van der Waals surface area contributed by atoms with E-state index >= 15 is 0 Å². The van der Waals surface area contributed by atoms with Crippen LogP contribution in [0.2, 0.25) is 0 Å². The maximum absolute atomic E-state index is 12.9. The van der Waals surface area contributed by atoms with Crippen LogP contribution >= 0.6 is 0 Å². The third kappa shape index (κ3) is 4.77. The van der Waals surface area contributed by atoms with E-state index in [0.717, 1.165) is 17.7 Å². The summed E-state index contributed by atoms with van der Waals surface area (Å²) in [5.74, 6) is 1.89. The van der Waals surface area contributed by atoms with Crippen LogP contribution in [0.5, 0.6) is 17.2 Å². The molecule has 176 valence electrons. The topological polar surface area (TPSA) is 85.8 Å². The molecule has 0 radical (unpaired) electrons. The summed E-state index contributed by atoms with van der Waals surface area (Å²) in [6.45, 7) is 7.84. The van der Waals surface area contributed by atoms with Gasteiger partial charge in [-0.2, -0.15) is 0 Å². The zero-order chi connectivity index (χ0) is 23.4. The highest BCUT2D eigenvalue weighted by Gasteiger charge is 2.29. The molecule has 0 aliphatic carbocycles. The average molecular weight is 453 g/mol. The van der Waals surface area contributed by atoms with Crippen molar-refractivity contribution in [2.24, 2.45) is 0 Å². The monoisotopic (exact) mass is 452 g/mol. The fourth-order valence-corrected chi connectivity index (χ4v) is 4.32. The van der Waals surface area contributed by atoms with Gasteiger partial charge in [0.2, 0.25) is 0 Å². The average Bonchev–Trinajstić information content (AvgIpc) is 3.43. The number of nitrogens with one attached hydrogen (secondary N) is 3. The van der Waals surface area contributed by atoms with E-state index in [2.05, 4.69) is 45.9 Å². The zero-order valence-electron chi connectivity index (χ0n) is 19.6. The Bertz CT molecular complexity index is 1130. The van der Waals surface area contributed by atoms with Gasteiger partial charge in [0, 0.05) is 35.1 Å². The van der Waals surface area contributed by atoms with Crippen LogP contribution in [0.4, 0.5) is 0 Å². The van der Waals surface area contributed by atoms with E-state index in [-0.39, 0.29) is 18.1 Å². The van der Waals surface area contributed by atoms with Gasteiger partial charge >= 0.3 is 0 Å². The molecule has 1 aliphatic heterocycles. The van der Waals surface area contributed by atoms with E-state index in [1.54, 1.807) is 25.3 Å². The lowest BCUT2D eigenvalue weighted by Crippen LogP contribution is -2.44. The molecule has 0 spiro atoms. The predicted octanol–water partition coefficient (Wildman–Crippen LogP) is 3.76. The van der Waals surface area contributed by atoms with E-state index in [4.69, 9.17) is 14.2 Å². The normalized spacial score (nSPS) is 17.8. The minimum absolute atomic E-state index is 0.0629. The first-order valence-corrected chi connectivity index (χ1v) is 11.5. The molecule has 1 saturated heterocycles. The number of rotatable bonds is 9. The zero-order valence-corrected chi connectivity index (χ0v) is 19.6. The molecule has 1 aliphatic rings. The van der Waals surface area contributed by atoms with Crippen LogP contribution in [0.25, 0.3) is 10.9 Å². The first-order chi connectivity index (χ1) is 16.1. The van der Waals surface area contributed by atoms with Gasteiger partial charge in [-0.15, -0.1) is 0 Å². The van der Waals surface area contributed by atoms with Crippen molar-refractivity contribution in [2.75, 3.05) is 20.3 Å². The Kier molecular flexibility index (Phi) is 7.05. The summed E-state index contributed by atoms with van der Waals surface area (Å²) in [5.41, 5.74) is 9.43. The molecule has 3 aromatic rings. The molecule has 3 N–H and O–H groups in total. The lowest BCUT2D eigenvalue weighted by atomic mass is 10.1. The van der Waals surface area contributed by atoms with Gasteiger partial charge in [-0.05, 0) is 63.2 Å². The number of amides is 1. The van der Waals surface area contributed by atoms with Gasteiger partial charge in [0.25, 0.3) is 5.91 Å². The molecule has 2 atom stereocenters. The number of hydrogen-bond donors (Lipinski definition) is 3. The smallest absolute Gasteiger partial charge is 0.252 e. The van der Waals surface area contributed by atoms with Crippen LogP contribution in [0.1, 0.15) is 49.3 Å². The second-order valence-electron chi connectivity index (χ2n) is 7.87. The maximum atomic E-state index is 12.9. The Morgan fingerprint density at radius 3 is 2.55 bits per heavy atom. The van der Waals surface area contributed by atoms with Crippen LogP contribution in [-0.2, 0) is 6.54 Å². The van der Waals surface area contributed by atoms with Crippen LogP contribution in [0, 0.1) is 0 Å². The lowest BCUT2D eigenvalue weighted by Gasteiger charge is -2.15. The molecule has 8 heteroatoms. The van der Waals surface area contributed by atoms with E-state index < -0.39 is 0 Å². The number of aryl methyl sites for hydroxylation is 1. The first-order valence-electron chi connectivity index (χ1n) is 11.5. The van der Waals surface area contributed by atoms with Gasteiger partial charge in [-0.25, -0.2) is 10.9 Å². The Hall–Kier alpha value is -3.23. The summed E-state index contributed by atoms with van der Waals surface area (Å²) in [6, 6.07) is 13.6. The molecule has 0 bridgehead atoms. The van der Waals surface area contributed by atoms with Crippen molar-refractivity contribution in [3.63, 3.8) is 0 Å². The summed E-state index contributed by atoms with van der Waals surface area (Å²) in [7, 11) is 1.68. The number of aromatic nitrogens is 1. The Balaban J connectivity index is 1.47. The van der Waals surface area contributed by atoms with Crippen molar-refractivity contribution < 1.29 is 19.0 Å². The predicted molar refractivity (Wildman–Crippen MR) is 128 cm³/mol. The van der Waals surface area contributed by atoms with Crippen molar-refractivity contribution >= 4 is 16.8 Å². The summed E-state index contributed by atoms with van der Waals surface area (Å²) in [6.07, 6.45) is 0.511. The maximum Gasteiger partial charge on any atom is 0.252 e. The molecule has 33 heavy (non-hydrogen) atoms. The van der Waals surface area contributed by atoms with Gasteiger partial charge in [0.1, 0.15) is 5.75 Å². The van der Waals surface area contributed by atoms with Crippen molar-refractivity contribution in [1.82, 2.24) is 20.7 Å². The summed E-state index contributed by atoms with van der Waals surface area (Å²) in [5, 5.41) is 4.20.